The van der Waals surface area contributed by atoms with Crippen LogP contribution < -0.4 is 33.2 Å². The Morgan fingerprint density at radius 3 is 1.73 bits per heavy atom. The molecule has 11 N–H and O–H groups in total. The minimum atomic E-state index is -1.31. The van der Waals surface area contributed by atoms with Crippen molar-refractivity contribution in [2.75, 3.05) is 19.7 Å². The first-order valence-electron chi connectivity index (χ1n) is 11.5. The van der Waals surface area contributed by atoms with Gasteiger partial charge in [-0.25, -0.2) is 4.79 Å². The Morgan fingerprint density at radius 1 is 0.758 bits per heavy atom. The number of nitrogens with two attached hydrogens (primary N) is 3. The van der Waals surface area contributed by atoms with Gasteiger partial charge in [-0.2, -0.15) is 0 Å². The molecule has 0 saturated carbocycles. The number of nitrogens with one attached hydrogen (secondary N) is 3. The number of carboxylic acids is 1. The van der Waals surface area contributed by atoms with Crippen molar-refractivity contribution in [3.8, 4) is 0 Å². The van der Waals surface area contributed by atoms with Gasteiger partial charge in [0.25, 0.3) is 0 Å². The van der Waals surface area contributed by atoms with Gasteiger partial charge in [-0.3, -0.25) is 14.4 Å². The van der Waals surface area contributed by atoms with Crippen molar-refractivity contribution in [1.82, 2.24) is 16.0 Å². The maximum absolute atomic E-state index is 12.8. The Labute approximate surface area is 195 Å². The van der Waals surface area contributed by atoms with Crippen molar-refractivity contribution in [2.24, 2.45) is 23.1 Å². The highest BCUT2D eigenvalue weighted by Gasteiger charge is 2.30. The highest BCUT2D eigenvalue weighted by Crippen LogP contribution is 2.08. The third kappa shape index (κ3) is 13.1. The van der Waals surface area contributed by atoms with E-state index >= 15 is 0 Å². The lowest BCUT2D eigenvalue weighted by Crippen LogP contribution is -2.58. The van der Waals surface area contributed by atoms with E-state index in [2.05, 4.69) is 16.0 Å². The number of hydrogen-bond acceptors (Lipinski definition) is 8. The second-order valence-electron chi connectivity index (χ2n) is 8.51. The van der Waals surface area contributed by atoms with Gasteiger partial charge in [0, 0.05) is 0 Å². The first-order valence-corrected chi connectivity index (χ1v) is 11.5. The quantitative estimate of drug-likeness (QED) is 0.104. The molecular weight excluding hydrogens is 432 g/mol. The van der Waals surface area contributed by atoms with E-state index in [1.807, 2.05) is 13.8 Å². The number of rotatable bonds is 18. The predicted octanol–water partition coefficient (Wildman–Crippen LogP) is -1.85. The highest BCUT2D eigenvalue weighted by atomic mass is 16.4. The third-order valence-electron chi connectivity index (χ3n) is 5.02. The largest absolute Gasteiger partial charge is 0.480 e. The summed E-state index contributed by atoms with van der Waals surface area (Å²) in [4.78, 5) is 49.2. The predicted molar refractivity (Wildman–Crippen MR) is 124 cm³/mol. The zero-order valence-corrected chi connectivity index (χ0v) is 19.7. The van der Waals surface area contributed by atoms with Crippen LogP contribution in [0.5, 0.6) is 0 Å². The Hall–Kier alpha value is -2.28. The monoisotopic (exact) mass is 474 g/mol. The number of aliphatic carboxylic acids is 1. The zero-order valence-electron chi connectivity index (χ0n) is 19.7. The van der Waals surface area contributed by atoms with Gasteiger partial charge in [0.05, 0.1) is 12.6 Å². The molecule has 3 amide bonds. The first-order chi connectivity index (χ1) is 15.6. The van der Waals surface area contributed by atoms with Gasteiger partial charge in [0.1, 0.15) is 18.1 Å². The van der Waals surface area contributed by atoms with Crippen LogP contribution in [-0.2, 0) is 19.2 Å². The molecule has 0 aliphatic rings. The fourth-order valence-corrected chi connectivity index (χ4v) is 3.11. The summed E-state index contributed by atoms with van der Waals surface area (Å²) in [5, 5.41) is 26.3. The summed E-state index contributed by atoms with van der Waals surface area (Å²) in [6.07, 6.45) is 3.28. The molecule has 0 aromatic carbocycles. The van der Waals surface area contributed by atoms with Crippen molar-refractivity contribution in [3.05, 3.63) is 0 Å². The van der Waals surface area contributed by atoms with Crippen LogP contribution in [0.25, 0.3) is 0 Å². The molecule has 192 valence electrons. The van der Waals surface area contributed by atoms with Crippen LogP contribution in [0, 0.1) is 5.92 Å². The number of carbonyl (C=O) groups is 4. The lowest BCUT2D eigenvalue weighted by atomic mass is 10.0. The molecule has 0 heterocycles. The van der Waals surface area contributed by atoms with E-state index in [-0.39, 0.29) is 18.8 Å². The van der Waals surface area contributed by atoms with E-state index in [1.165, 1.54) is 0 Å². The molecule has 0 bridgehead atoms. The van der Waals surface area contributed by atoms with Gasteiger partial charge in [-0.15, -0.1) is 0 Å². The van der Waals surface area contributed by atoms with Crippen LogP contribution in [0.2, 0.25) is 0 Å². The standard InChI is InChI=1S/C21H42N6O6/c1-13(2)11-16(21(32)33)26-19(30)15(8-4-6-10-23)25-20(31)17(12-28)27-18(29)14(24)7-3-5-9-22/h13-17,28H,3-12,22-24H2,1-2H3,(H,25,31)(H,26,30)(H,27,29)(H,32,33)/t14-,15-,16-,17-/m0/s1. The summed E-state index contributed by atoms with van der Waals surface area (Å²) < 4.78 is 0. The number of carboxylic acid groups (broad SMARTS) is 1. The fraction of sp³-hybridized carbons (Fsp3) is 0.810. The smallest absolute Gasteiger partial charge is 0.326 e. The van der Waals surface area contributed by atoms with E-state index in [9.17, 15) is 29.4 Å². The van der Waals surface area contributed by atoms with Crippen molar-refractivity contribution < 1.29 is 29.4 Å². The van der Waals surface area contributed by atoms with Gasteiger partial charge in [0.2, 0.25) is 17.7 Å². The molecule has 0 aliphatic carbocycles. The van der Waals surface area contributed by atoms with E-state index in [4.69, 9.17) is 17.2 Å². The van der Waals surface area contributed by atoms with Crippen LogP contribution in [0.3, 0.4) is 0 Å². The Kier molecular flexibility index (Phi) is 16.0. The molecule has 0 unspecified atom stereocenters. The van der Waals surface area contributed by atoms with Gasteiger partial charge in [-0.05, 0) is 57.5 Å². The fourth-order valence-electron chi connectivity index (χ4n) is 3.11. The Bertz CT molecular complexity index is 618. The molecule has 0 rings (SSSR count). The summed E-state index contributed by atoms with van der Waals surface area (Å²) in [5.41, 5.74) is 16.7. The molecule has 33 heavy (non-hydrogen) atoms. The molecule has 0 aromatic heterocycles. The second-order valence-corrected chi connectivity index (χ2v) is 8.51. The molecular formula is C21H42N6O6. The second kappa shape index (κ2) is 17.2. The van der Waals surface area contributed by atoms with Crippen LogP contribution in [-0.4, -0.2) is 77.8 Å². The topological polar surface area (TPSA) is 223 Å². The summed E-state index contributed by atoms with van der Waals surface area (Å²) in [6.45, 7) is 3.83. The summed E-state index contributed by atoms with van der Waals surface area (Å²) >= 11 is 0. The summed E-state index contributed by atoms with van der Waals surface area (Å²) in [6, 6.07) is -4.34. The van der Waals surface area contributed by atoms with Gasteiger partial charge in [0.15, 0.2) is 0 Å². The maximum atomic E-state index is 12.8. The van der Waals surface area contributed by atoms with Crippen LogP contribution in [0.4, 0.5) is 0 Å². The molecule has 0 aliphatic heterocycles. The normalized spacial score (nSPS) is 14.8. The summed E-state index contributed by atoms with van der Waals surface area (Å²) in [7, 11) is 0. The van der Waals surface area contributed by atoms with E-state index in [0.717, 1.165) is 0 Å². The van der Waals surface area contributed by atoms with Crippen molar-refractivity contribution in [2.45, 2.75) is 83.0 Å². The van der Waals surface area contributed by atoms with Crippen molar-refractivity contribution in [1.29, 1.82) is 0 Å². The molecule has 0 aromatic rings. The maximum Gasteiger partial charge on any atom is 0.326 e. The van der Waals surface area contributed by atoms with E-state index in [0.29, 0.717) is 45.2 Å². The molecule has 0 saturated heterocycles. The molecule has 12 heteroatoms. The van der Waals surface area contributed by atoms with Gasteiger partial charge >= 0.3 is 5.97 Å². The highest BCUT2D eigenvalue weighted by molar-refractivity contribution is 5.94. The Balaban J connectivity index is 5.19. The minimum Gasteiger partial charge on any atom is -0.480 e. The van der Waals surface area contributed by atoms with Crippen LogP contribution >= 0.6 is 0 Å². The minimum absolute atomic E-state index is 0.0275. The molecule has 0 spiro atoms. The number of carbonyl (C=O) groups excluding carboxylic acids is 3. The number of hydrogen-bond donors (Lipinski definition) is 8. The SMILES string of the molecule is CC(C)C[C@H](NC(=O)[C@H](CCCCN)NC(=O)[C@H](CO)NC(=O)[C@@H](N)CCCCN)C(=O)O. The van der Waals surface area contributed by atoms with Crippen molar-refractivity contribution >= 4 is 23.7 Å². The Morgan fingerprint density at radius 2 is 1.24 bits per heavy atom. The molecule has 12 nitrogen and oxygen atoms in total. The van der Waals surface area contributed by atoms with Gasteiger partial charge < -0.3 is 43.4 Å². The summed E-state index contributed by atoms with van der Waals surface area (Å²) in [5.74, 6) is -3.18. The number of aliphatic hydroxyl groups excluding tert-OH is 1. The molecule has 0 fully saturated rings. The average Bonchev–Trinajstić information content (AvgIpc) is 2.75. The molecule has 4 atom stereocenters. The first kappa shape index (κ1) is 30.7. The lowest BCUT2D eigenvalue weighted by Gasteiger charge is -2.25. The molecule has 0 radical (unpaired) electrons. The van der Waals surface area contributed by atoms with E-state index in [1.54, 1.807) is 0 Å². The number of aliphatic hydroxyl groups is 1. The lowest BCUT2D eigenvalue weighted by molar-refractivity contribution is -0.143. The third-order valence-corrected chi connectivity index (χ3v) is 5.02. The van der Waals surface area contributed by atoms with Gasteiger partial charge in [-0.1, -0.05) is 20.3 Å². The zero-order chi connectivity index (χ0) is 25.4. The van der Waals surface area contributed by atoms with Crippen molar-refractivity contribution in [3.63, 3.8) is 0 Å². The number of amides is 3. The van der Waals surface area contributed by atoms with Crippen LogP contribution in [0.15, 0.2) is 0 Å². The van der Waals surface area contributed by atoms with Crippen LogP contribution in [0.1, 0.15) is 58.8 Å². The van der Waals surface area contributed by atoms with E-state index < -0.39 is 54.5 Å². The number of unbranched alkanes of at least 4 members (excludes halogenated alkanes) is 2. The average molecular weight is 475 g/mol.